The number of anilines is 1. The quantitative estimate of drug-likeness (QED) is 0.705. The molecule has 6 heteroatoms. The summed E-state index contributed by atoms with van der Waals surface area (Å²) in [7, 11) is 0. The van der Waals surface area contributed by atoms with Crippen LogP contribution in [-0.4, -0.2) is 9.78 Å². The van der Waals surface area contributed by atoms with Crippen LogP contribution in [-0.2, 0) is 13.0 Å². The maximum Gasteiger partial charge on any atom is 0.140 e. The van der Waals surface area contributed by atoms with Crippen LogP contribution in [0.15, 0.2) is 53.0 Å². The molecule has 0 aliphatic heterocycles. The van der Waals surface area contributed by atoms with E-state index in [-0.39, 0.29) is 0 Å². The van der Waals surface area contributed by atoms with Crippen molar-refractivity contribution in [3.8, 4) is 6.07 Å². The van der Waals surface area contributed by atoms with Crippen molar-refractivity contribution in [1.29, 1.82) is 5.26 Å². The Bertz CT molecular complexity index is 910. The lowest BCUT2D eigenvalue weighted by Crippen LogP contribution is -2.06. The van der Waals surface area contributed by atoms with E-state index >= 15 is 0 Å². The third-order valence-corrected chi connectivity index (χ3v) is 4.63. The van der Waals surface area contributed by atoms with E-state index in [0.717, 1.165) is 15.6 Å². The summed E-state index contributed by atoms with van der Waals surface area (Å²) in [5, 5.41) is 14.6. The average Bonchev–Trinajstić information content (AvgIpc) is 2.87. The predicted octanol–water partition coefficient (Wildman–Crippen LogP) is 4.39. The highest BCUT2D eigenvalue weighted by atomic mass is 79.9. The topological polar surface area (TPSA) is 67.6 Å². The van der Waals surface area contributed by atoms with Crippen LogP contribution in [0.3, 0.4) is 0 Å². The van der Waals surface area contributed by atoms with E-state index in [4.69, 9.17) is 17.3 Å². The fourth-order valence-corrected chi connectivity index (χ4v) is 2.94. The highest BCUT2D eigenvalue weighted by Gasteiger charge is 2.16. The van der Waals surface area contributed by atoms with E-state index in [9.17, 15) is 5.26 Å². The lowest BCUT2D eigenvalue weighted by atomic mass is 10.1. The molecule has 2 aromatic carbocycles. The van der Waals surface area contributed by atoms with E-state index < -0.39 is 0 Å². The van der Waals surface area contributed by atoms with Gasteiger partial charge >= 0.3 is 0 Å². The normalized spacial score (nSPS) is 10.5. The van der Waals surface area contributed by atoms with E-state index in [1.54, 1.807) is 4.68 Å². The number of halogens is 2. The number of benzene rings is 2. The molecule has 3 aromatic rings. The first kappa shape index (κ1) is 16.6. The Balaban J connectivity index is 1.92. The summed E-state index contributed by atoms with van der Waals surface area (Å²) in [5.41, 5.74) is 9.15. The van der Waals surface area contributed by atoms with Crippen molar-refractivity contribution in [2.45, 2.75) is 13.0 Å². The lowest BCUT2D eigenvalue weighted by Gasteiger charge is -2.04. The fourth-order valence-electron chi connectivity index (χ4n) is 2.48. The van der Waals surface area contributed by atoms with Gasteiger partial charge in [0.1, 0.15) is 17.5 Å². The Morgan fingerprint density at radius 1 is 1.17 bits per heavy atom. The molecule has 0 fully saturated rings. The van der Waals surface area contributed by atoms with Gasteiger partial charge in [0.2, 0.25) is 0 Å². The van der Waals surface area contributed by atoms with Crippen LogP contribution in [0.2, 0.25) is 5.02 Å². The molecule has 0 atom stereocenters. The molecule has 0 radical (unpaired) electrons. The summed E-state index contributed by atoms with van der Waals surface area (Å²) in [6.07, 6.45) is 0.472. The van der Waals surface area contributed by atoms with Crippen LogP contribution in [0.4, 0.5) is 5.82 Å². The van der Waals surface area contributed by atoms with Gasteiger partial charge < -0.3 is 5.73 Å². The molecule has 24 heavy (non-hydrogen) atoms. The summed E-state index contributed by atoms with van der Waals surface area (Å²) in [5.74, 6) is 0.377. The Labute approximate surface area is 153 Å². The number of nitriles is 1. The maximum absolute atomic E-state index is 9.44. The highest BCUT2D eigenvalue weighted by molar-refractivity contribution is 9.10. The molecule has 0 aliphatic rings. The van der Waals surface area contributed by atoms with Gasteiger partial charge in [0.15, 0.2) is 0 Å². The van der Waals surface area contributed by atoms with Crippen molar-refractivity contribution < 1.29 is 0 Å². The van der Waals surface area contributed by atoms with Crippen LogP contribution in [0.1, 0.15) is 22.4 Å². The molecule has 0 spiro atoms. The molecule has 0 amide bonds. The van der Waals surface area contributed by atoms with Crippen molar-refractivity contribution in [2.75, 3.05) is 5.73 Å². The van der Waals surface area contributed by atoms with Gasteiger partial charge in [-0.1, -0.05) is 57.9 Å². The Hall–Kier alpha value is -2.29. The largest absolute Gasteiger partial charge is 0.383 e. The van der Waals surface area contributed by atoms with Crippen molar-refractivity contribution in [2.24, 2.45) is 0 Å². The number of rotatable bonds is 4. The molecule has 1 heterocycles. The third-order valence-electron chi connectivity index (χ3n) is 3.74. The van der Waals surface area contributed by atoms with Crippen LogP contribution < -0.4 is 5.73 Å². The van der Waals surface area contributed by atoms with Gasteiger partial charge in [0.05, 0.1) is 12.2 Å². The first-order chi connectivity index (χ1) is 11.6. The monoisotopic (exact) mass is 400 g/mol. The summed E-state index contributed by atoms with van der Waals surface area (Å²) >= 11 is 9.62. The molecule has 120 valence electrons. The summed E-state index contributed by atoms with van der Waals surface area (Å²) in [6.45, 7) is 0.510. The second kappa shape index (κ2) is 7.08. The van der Waals surface area contributed by atoms with Gasteiger partial charge in [0, 0.05) is 15.9 Å². The number of hydrogen-bond acceptors (Lipinski definition) is 3. The summed E-state index contributed by atoms with van der Waals surface area (Å²) < 4.78 is 2.67. The number of nitrogens with zero attached hydrogens (tertiary/aromatic N) is 3. The van der Waals surface area contributed by atoms with Gasteiger partial charge in [0.25, 0.3) is 0 Å². The van der Waals surface area contributed by atoms with Crippen molar-refractivity contribution in [3.63, 3.8) is 0 Å². The molecular weight excluding hydrogens is 388 g/mol. The van der Waals surface area contributed by atoms with Crippen molar-refractivity contribution in [3.05, 3.63) is 80.4 Å². The van der Waals surface area contributed by atoms with E-state index in [1.165, 1.54) is 0 Å². The number of hydrogen-bond donors (Lipinski definition) is 1. The highest BCUT2D eigenvalue weighted by Crippen LogP contribution is 2.24. The Morgan fingerprint density at radius 2 is 1.88 bits per heavy atom. The molecule has 0 bridgehead atoms. The van der Waals surface area contributed by atoms with Crippen LogP contribution in [0, 0.1) is 11.3 Å². The molecule has 0 unspecified atom stereocenters. The number of aromatic nitrogens is 2. The summed E-state index contributed by atoms with van der Waals surface area (Å²) in [6, 6.07) is 17.6. The second-order valence-electron chi connectivity index (χ2n) is 5.37. The Kier molecular flexibility index (Phi) is 4.89. The van der Waals surface area contributed by atoms with Gasteiger partial charge in [-0.15, -0.1) is 0 Å². The molecule has 0 aliphatic carbocycles. The summed E-state index contributed by atoms with van der Waals surface area (Å²) in [4.78, 5) is 0. The van der Waals surface area contributed by atoms with Gasteiger partial charge in [-0.05, 0) is 29.3 Å². The fraction of sp³-hybridized carbons (Fsp3) is 0.111. The smallest absolute Gasteiger partial charge is 0.140 e. The third kappa shape index (κ3) is 3.45. The number of nitrogens with two attached hydrogens (primary N) is 1. The minimum atomic E-state index is 0.377. The van der Waals surface area contributed by atoms with E-state index in [2.05, 4.69) is 27.1 Å². The SMILES string of the molecule is N#Cc1c(Cc2ccccc2Cl)nn(Cc2ccc(Br)cc2)c1N. The second-order valence-corrected chi connectivity index (χ2v) is 6.69. The van der Waals surface area contributed by atoms with E-state index in [1.807, 2.05) is 48.5 Å². The number of nitrogen functional groups attached to an aromatic ring is 1. The maximum atomic E-state index is 9.44. The average molecular weight is 402 g/mol. The molecular formula is C18H14BrClN4. The molecule has 4 nitrogen and oxygen atoms in total. The van der Waals surface area contributed by atoms with E-state index in [0.29, 0.717) is 35.1 Å². The molecule has 0 saturated heterocycles. The molecule has 3 rings (SSSR count). The molecule has 2 N–H and O–H groups in total. The standard InChI is InChI=1S/C18H14BrClN4/c19-14-7-5-12(6-8-14)11-24-18(22)15(10-21)17(23-24)9-13-3-1-2-4-16(13)20/h1-8H,9,11,22H2. The lowest BCUT2D eigenvalue weighted by molar-refractivity contribution is 0.684. The molecule has 1 aromatic heterocycles. The van der Waals surface area contributed by atoms with Crippen molar-refractivity contribution in [1.82, 2.24) is 9.78 Å². The zero-order valence-corrected chi connectivity index (χ0v) is 15.0. The predicted molar refractivity (Wildman–Crippen MR) is 98.9 cm³/mol. The van der Waals surface area contributed by atoms with Crippen molar-refractivity contribution >= 4 is 33.3 Å². The van der Waals surface area contributed by atoms with Crippen LogP contribution in [0.5, 0.6) is 0 Å². The van der Waals surface area contributed by atoms with Crippen LogP contribution in [0.25, 0.3) is 0 Å². The zero-order valence-electron chi connectivity index (χ0n) is 12.7. The minimum Gasteiger partial charge on any atom is -0.383 e. The van der Waals surface area contributed by atoms with Crippen LogP contribution >= 0.6 is 27.5 Å². The first-order valence-electron chi connectivity index (χ1n) is 7.31. The van der Waals surface area contributed by atoms with Gasteiger partial charge in [-0.2, -0.15) is 10.4 Å². The Morgan fingerprint density at radius 3 is 2.54 bits per heavy atom. The van der Waals surface area contributed by atoms with Gasteiger partial charge in [-0.3, -0.25) is 0 Å². The first-order valence-corrected chi connectivity index (χ1v) is 8.48. The minimum absolute atomic E-state index is 0.377. The molecule has 0 saturated carbocycles. The zero-order chi connectivity index (χ0) is 17.1. The van der Waals surface area contributed by atoms with Gasteiger partial charge in [-0.25, -0.2) is 4.68 Å².